The lowest BCUT2D eigenvalue weighted by atomic mass is 9.75. The largest absolute Gasteiger partial charge is 0.748 e. The molecule has 5 rings (SSSR count). The van der Waals surface area contributed by atoms with E-state index in [1.165, 1.54) is 50.6 Å². The number of carbonyl (C=O) groups excluding carboxylic acids is 3. The van der Waals surface area contributed by atoms with Crippen LogP contribution in [0.5, 0.6) is 0 Å². The van der Waals surface area contributed by atoms with E-state index in [1.54, 1.807) is 19.1 Å². The van der Waals surface area contributed by atoms with Crippen molar-refractivity contribution in [1.82, 2.24) is 5.06 Å². The number of imide groups is 1. The Balaban J connectivity index is 1.50. The second kappa shape index (κ2) is 20.3. The first kappa shape index (κ1) is 50.4. The smallest absolute Gasteiger partial charge is 0.335 e. The molecule has 1 fully saturated rings. The van der Waals surface area contributed by atoms with Crippen LogP contribution in [-0.2, 0) is 74.6 Å². The molecule has 2 unspecified atom stereocenters. The van der Waals surface area contributed by atoms with Crippen molar-refractivity contribution < 1.29 is 76.9 Å². The lowest BCUT2D eigenvalue weighted by Gasteiger charge is -2.30. The molecule has 0 radical (unpaired) electrons. The van der Waals surface area contributed by atoms with Crippen molar-refractivity contribution >= 4 is 65.2 Å². The number of benzene rings is 2. The molecular weight excluding hydrogens is 899 g/mol. The Bertz CT molecular complexity index is 2610. The van der Waals surface area contributed by atoms with Crippen LogP contribution in [0.3, 0.4) is 0 Å². The predicted molar refractivity (Wildman–Crippen MR) is 226 cm³/mol. The molecule has 64 heavy (non-hydrogen) atoms. The molecule has 22 heteroatoms. The first-order chi connectivity index (χ1) is 29.9. The quantitative estimate of drug-likeness (QED) is 0.0539. The zero-order valence-corrected chi connectivity index (χ0v) is 38.5. The Kier molecular flexibility index (Phi) is 15.9. The fourth-order valence-electron chi connectivity index (χ4n) is 8.17. The SMILES string of the molecule is COCC[N+]1=C(/C=C/C(C)=C/C=C2/N(CCOCCC(=O)ON3C(=O)CCC3=O)c3ccc(S(=O)(=O)[O-])cc3C2(C)CCOC)C(C)(CCCS(=O)(=O)[O-])c2cc(S(=O)(=O)[O-])ccc21. The first-order valence-electron chi connectivity index (χ1n) is 20.2. The third-order valence-corrected chi connectivity index (χ3v) is 14.0. The van der Waals surface area contributed by atoms with Crippen LogP contribution >= 0.6 is 0 Å². The van der Waals surface area contributed by atoms with Crippen LogP contribution in [0.1, 0.15) is 70.4 Å². The summed E-state index contributed by atoms with van der Waals surface area (Å²) in [5, 5.41) is 0.454. The normalized spacial score (nSPS) is 21.2. The summed E-state index contributed by atoms with van der Waals surface area (Å²) >= 11 is 0. The van der Waals surface area contributed by atoms with Crippen molar-refractivity contribution in [2.75, 3.05) is 64.4 Å². The maximum absolute atomic E-state index is 12.4. The highest BCUT2D eigenvalue weighted by Gasteiger charge is 2.48. The third-order valence-electron chi connectivity index (χ3n) is 11.5. The van der Waals surface area contributed by atoms with Crippen molar-refractivity contribution in [2.24, 2.45) is 0 Å². The zero-order valence-electron chi connectivity index (χ0n) is 36.1. The van der Waals surface area contributed by atoms with E-state index in [1.807, 2.05) is 35.5 Å². The molecule has 0 N–H and O–H groups in total. The molecule has 0 aliphatic carbocycles. The Hall–Kier alpha value is -4.65. The maximum atomic E-state index is 12.4. The molecule has 3 aliphatic heterocycles. The summed E-state index contributed by atoms with van der Waals surface area (Å²) in [4.78, 5) is 42.0. The van der Waals surface area contributed by atoms with Gasteiger partial charge in [0.2, 0.25) is 5.69 Å². The third kappa shape index (κ3) is 11.6. The minimum Gasteiger partial charge on any atom is -0.748 e. The van der Waals surface area contributed by atoms with Gasteiger partial charge in [0.15, 0.2) is 12.3 Å². The van der Waals surface area contributed by atoms with Gasteiger partial charge >= 0.3 is 5.97 Å². The minimum atomic E-state index is -4.87. The van der Waals surface area contributed by atoms with Crippen LogP contribution in [0, 0.1) is 0 Å². The number of nitrogens with zero attached hydrogens (tertiary/aromatic N) is 3. The molecule has 1 saturated heterocycles. The molecule has 0 saturated carbocycles. The van der Waals surface area contributed by atoms with Gasteiger partial charge in [-0.3, -0.25) is 9.59 Å². The van der Waals surface area contributed by atoms with Crippen LogP contribution in [0.25, 0.3) is 0 Å². The highest BCUT2D eigenvalue weighted by molar-refractivity contribution is 7.86. The lowest BCUT2D eigenvalue weighted by molar-refractivity contribution is -0.441. The highest BCUT2D eigenvalue weighted by atomic mass is 32.2. The fraction of sp³-hybridized carbons (Fsp3) is 0.476. The van der Waals surface area contributed by atoms with E-state index < -0.39 is 74.5 Å². The molecule has 0 spiro atoms. The van der Waals surface area contributed by atoms with Crippen molar-refractivity contribution in [2.45, 2.75) is 79.9 Å². The molecule has 2 amide bonds. The van der Waals surface area contributed by atoms with E-state index in [-0.39, 0.29) is 65.1 Å². The fourth-order valence-corrected chi connectivity index (χ4v) is 9.66. The lowest BCUT2D eigenvalue weighted by Crippen LogP contribution is -2.33. The Morgan fingerprint density at radius 1 is 0.828 bits per heavy atom. The van der Waals surface area contributed by atoms with E-state index in [9.17, 15) is 53.3 Å². The number of hydroxylamine groups is 2. The minimum absolute atomic E-state index is 0.0469. The van der Waals surface area contributed by atoms with Gasteiger partial charge in [-0.2, -0.15) is 4.58 Å². The summed E-state index contributed by atoms with van der Waals surface area (Å²) in [7, 11) is -11.3. The number of allylic oxidation sites excluding steroid dienone is 6. The van der Waals surface area contributed by atoms with Crippen molar-refractivity contribution in [1.29, 1.82) is 0 Å². The molecular formula is C42H51N3O16S3-2. The number of rotatable bonds is 22. The Morgan fingerprint density at radius 3 is 2.06 bits per heavy atom. The highest BCUT2D eigenvalue weighted by Crippen LogP contribution is 2.51. The number of fused-ring (bicyclic) bond motifs is 2. The summed E-state index contributed by atoms with van der Waals surface area (Å²) < 4.78 is 126. The number of ether oxygens (including phenoxy) is 3. The average molecular weight is 950 g/mol. The van der Waals surface area contributed by atoms with Crippen LogP contribution in [0.4, 0.5) is 11.4 Å². The van der Waals surface area contributed by atoms with Crippen LogP contribution in [0.2, 0.25) is 0 Å². The standard InChI is InChI=1S/C42H53N3O16S3/c1-29(7-13-36-41(2,18-6-26-62(49,50)51)32-27-30(63(52,53)54)9-11-34(32)43(36)20-24-59-5)8-14-37-42(3,19-23-58-4)33-28-31(64(55,56)57)10-12-35(33)44(37)21-25-60-22-17-40(48)61-45-38(46)15-16-39(45)47/h7-14,27-28H,6,15-26H2,1-5H3,(H2-,49,50,51,52,53,54,55,56,57)/p-2. The van der Waals surface area contributed by atoms with E-state index in [4.69, 9.17) is 19.0 Å². The predicted octanol–water partition coefficient (Wildman–Crippen LogP) is 3.04. The number of amides is 2. The molecule has 0 bridgehead atoms. The van der Waals surface area contributed by atoms with Crippen molar-refractivity contribution in [3.05, 3.63) is 83.1 Å². The average Bonchev–Trinajstić information content (AvgIpc) is 3.74. The molecule has 19 nitrogen and oxygen atoms in total. The molecule has 0 aromatic heterocycles. The first-order valence-corrected chi connectivity index (χ1v) is 24.6. The zero-order chi connectivity index (χ0) is 47.3. The van der Waals surface area contributed by atoms with Gasteiger partial charge in [0.1, 0.15) is 26.8 Å². The topological polar surface area (TPSA) is 269 Å². The van der Waals surface area contributed by atoms with Crippen molar-refractivity contribution in [3.63, 3.8) is 0 Å². The van der Waals surface area contributed by atoms with E-state index in [0.717, 1.165) is 0 Å². The molecule has 3 aliphatic rings. The molecule has 350 valence electrons. The number of hydrogen-bond acceptors (Lipinski definition) is 17. The molecule has 2 atom stereocenters. The van der Waals surface area contributed by atoms with Crippen LogP contribution in [-0.4, -0.2) is 132 Å². The summed E-state index contributed by atoms with van der Waals surface area (Å²) in [5.74, 6) is -2.71. The number of anilines is 1. The summed E-state index contributed by atoms with van der Waals surface area (Å²) in [6, 6.07) is 8.10. The van der Waals surface area contributed by atoms with Gasteiger partial charge in [-0.25, -0.2) is 30.0 Å². The summed E-state index contributed by atoms with van der Waals surface area (Å²) in [6.07, 6.45) is 7.27. The van der Waals surface area contributed by atoms with E-state index >= 15 is 0 Å². The second-order valence-electron chi connectivity index (χ2n) is 15.9. The summed E-state index contributed by atoms with van der Waals surface area (Å²) in [6.45, 7) is 6.38. The van der Waals surface area contributed by atoms with Gasteiger partial charge in [0.05, 0.1) is 45.0 Å². The Morgan fingerprint density at radius 2 is 1.45 bits per heavy atom. The maximum Gasteiger partial charge on any atom is 0.335 e. The van der Waals surface area contributed by atoms with Gasteiger partial charge in [-0.15, -0.1) is 5.06 Å². The van der Waals surface area contributed by atoms with Gasteiger partial charge in [0, 0.05) is 80.5 Å². The van der Waals surface area contributed by atoms with Crippen molar-refractivity contribution in [3.8, 4) is 0 Å². The summed E-state index contributed by atoms with van der Waals surface area (Å²) in [5.41, 5.74) is 2.18. The molecule has 3 heterocycles. The van der Waals surface area contributed by atoms with Crippen LogP contribution in [0.15, 0.2) is 81.8 Å². The number of carbonyl (C=O) groups is 3. The number of methoxy groups -OCH3 is 2. The van der Waals surface area contributed by atoms with E-state index in [0.29, 0.717) is 57.5 Å². The Labute approximate surface area is 373 Å². The van der Waals surface area contributed by atoms with Crippen LogP contribution < -0.4 is 4.90 Å². The monoisotopic (exact) mass is 949 g/mol. The molecule has 2 aromatic rings. The molecule has 2 aromatic carbocycles. The van der Waals surface area contributed by atoms with Gasteiger partial charge in [-0.1, -0.05) is 17.7 Å². The van der Waals surface area contributed by atoms with Gasteiger partial charge < -0.3 is 37.6 Å². The van der Waals surface area contributed by atoms with E-state index in [2.05, 4.69) is 0 Å². The number of hydrogen-bond donors (Lipinski definition) is 0. The van der Waals surface area contributed by atoms with Gasteiger partial charge in [-0.05, 0) is 82.0 Å². The van der Waals surface area contributed by atoms with Gasteiger partial charge in [0.25, 0.3) is 11.8 Å². The second-order valence-corrected chi connectivity index (χ2v) is 20.2.